The summed E-state index contributed by atoms with van der Waals surface area (Å²) in [5.74, 6) is 0.980. The molecule has 1 aromatic heterocycles. The highest BCUT2D eigenvalue weighted by atomic mass is 35.5. The molecule has 0 spiro atoms. The summed E-state index contributed by atoms with van der Waals surface area (Å²) in [6, 6.07) is 9.83. The quantitative estimate of drug-likeness (QED) is 0.361. The molecule has 0 bridgehead atoms. The fraction of sp³-hybridized carbons (Fsp3) is 0.407. The van der Waals surface area contributed by atoms with Gasteiger partial charge in [0, 0.05) is 11.6 Å². The van der Waals surface area contributed by atoms with Crippen molar-refractivity contribution >= 4 is 28.5 Å². The lowest BCUT2D eigenvalue weighted by molar-refractivity contribution is 0.0722. The third-order valence-electron chi connectivity index (χ3n) is 6.19. The van der Waals surface area contributed by atoms with E-state index in [-0.39, 0.29) is 17.1 Å². The van der Waals surface area contributed by atoms with Crippen molar-refractivity contribution in [3.8, 4) is 11.5 Å². The zero-order valence-corrected chi connectivity index (χ0v) is 21.4. The number of hydrogen-bond acceptors (Lipinski definition) is 6. The molecular formula is C27H31ClN2O5. The molecule has 1 atom stereocenters. The lowest BCUT2D eigenvalue weighted by Crippen LogP contribution is -2.32. The molecule has 0 N–H and O–H groups in total. The number of carbonyl (C=O) groups is 1. The zero-order valence-electron chi connectivity index (χ0n) is 20.6. The van der Waals surface area contributed by atoms with Gasteiger partial charge < -0.3 is 23.7 Å². The molecule has 2 heterocycles. The Balaban J connectivity index is 1.82. The molecule has 2 aromatic carbocycles. The number of benzene rings is 2. The van der Waals surface area contributed by atoms with E-state index < -0.39 is 6.04 Å². The first kappa shape index (κ1) is 25.1. The number of amides is 1. The van der Waals surface area contributed by atoms with Crippen LogP contribution in [-0.4, -0.2) is 56.6 Å². The van der Waals surface area contributed by atoms with Crippen LogP contribution in [0.1, 0.15) is 53.9 Å². The van der Waals surface area contributed by atoms with Crippen molar-refractivity contribution in [2.24, 2.45) is 0 Å². The van der Waals surface area contributed by atoms with Crippen molar-refractivity contribution in [1.82, 2.24) is 9.80 Å². The van der Waals surface area contributed by atoms with E-state index in [1.807, 2.05) is 32.3 Å². The molecule has 0 saturated heterocycles. The van der Waals surface area contributed by atoms with E-state index in [2.05, 4.69) is 11.8 Å². The van der Waals surface area contributed by atoms with Crippen LogP contribution in [0.4, 0.5) is 0 Å². The second kappa shape index (κ2) is 10.7. The molecule has 1 unspecified atom stereocenters. The van der Waals surface area contributed by atoms with Crippen LogP contribution < -0.4 is 14.9 Å². The molecule has 8 heteroatoms. The van der Waals surface area contributed by atoms with E-state index in [0.717, 1.165) is 31.4 Å². The number of methoxy groups -OCH3 is 1. The summed E-state index contributed by atoms with van der Waals surface area (Å²) in [7, 11) is 5.56. The van der Waals surface area contributed by atoms with Crippen molar-refractivity contribution in [3.63, 3.8) is 0 Å². The van der Waals surface area contributed by atoms with E-state index in [1.54, 1.807) is 30.2 Å². The average Bonchev–Trinajstić information content (AvgIpc) is 3.11. The number of ether oxygens (including phenoxy) is 2. The summed E-state index contributed by atoms with van der Waals surface area (Å²) in [4.78, 5) is 31.0. The number of hydrogen-bond donors (Lipinski definition) is 0. The summed E-state index contributed by atoms with van der Waals surface area (Å²) < 4.78 is 17.5. The number of fused-ring (bicyclic) bond motifs is 2. The second-order valence-corrected chi connectivity index (χ2v) is 9.42. The standard InChI is InChI=1S/C27H31ClN2O5/c1-5-6-14-34-21-10-8-17(15-22(21)33-4)24-23-25(31)19-16-18(28)9-11-20(19)35-26(23)27(32)30(24)13-7-12-29(2)3/h8-11,15-16,24H,5-7,12-14H2,1-4H3. The summed E-state index contributed by atoms with van der Waals surface area (Å²) in [6.45, 7) is 3.97. The first-order valence-corrected chi connectivity index (χ1v) is 12.3. The number of unbranched alkanes of at least 4 members (excludes halogenated alkanes) is 1. The van der Waals surface area contributed by atoms with Crippen LogP contribution in [0.2, 0.25) is 5.02 Å². The molecule has 1 aliphatic heterocycles. The van der Waals surface area contributed by atoms with Gasteiger partial charge in [-0.2, -0.15) is 0 Å². The molecule has 3 aromatic rings. The van der Waals surface area contributed by atoms with Gasteiger partial charge in [-0.15, -0.1) is 0 Å². The van der Waals surface area contributed by atoms with E-state index >= 15 is 0 Å². The van der Waals surface area contributed by atoms with Gasteiger partial charge in [0.05, 0.1) is 30.7 Å². The maximum absolute atomic E-state index is 13.7. The van der Waals surface area contributed by atoms with Gasteiger partial charge in [0.15, 0.2) is 16.9 Å². The molecule has 1 amide bonds. The van der Waals surface area contributed by atoms with Gasteiger partial charge in [-0.25, -0.2) is 0 Å². The number of carbonyl (C=O) groups excluding carboxylic acids is 1. The zero-order chi connectivity index (χ0) is 25.1. The fourth-order valence-corrected chi connectivity index (χ4v) is 4.60. The molecule has 186 valence electrons. The van der Waals surface area contributed by atoms with Crippen LogP contribution in [0.25, 0.3) is 11.0 Å². The first-order valence-electron chi connectivity index (χ1n) is 11.9. The topological polar surface area (TPSA) is 72.2 Å². The van der Waals surface area contributed by atoms with Gasteiger partial charge in [0.1, 0.15) is 5.58 Å². The Kier molecular flexibility index (Phi) is 7.67. The largest absolute Gasteiger partial charge is 0.493 e. The lowest BCUT2D eigenvalue weighted by atomic mass is 9.98. The Hall–Kier alpha value is -3.03. The maximum Gasteiger partial charge on any atom is 0.290 e. The minimum absolute atomic E-state index is 0.0851. The van der Waals surface area contributed by atoms with Crippen LogP contribution in [0, 0.1) is 0 Å². The summed E-state index contributed by atoms with van der Waals surface area (Å²) in [5.41, 5.74) is 1.18. The Labute approximate surface area is 210 Å². The van der Waals surface area contributed by atoms with Crippen molar-refractivity contribution in [1.29, 1.82) is 0 Å². The lowest BCUT2D eigenvalue weighted by Gasteiger charge is -2.26. The summed E-state index contributed by atoms with van der Waals surface area (Å²) in [6.07, 6.45) is 2.71. The highest BCUT2D eigenvalue weighted by molar-refractivity contribution is 6.31. The Morgan fingerprint density at radius 2 is 1.89 bits per heavy atom. The Bertz CT molecular complexity index is 1290. The monoisotopic (exact) mass is 498 g/mol. The van der Waals surface area contributed by atoms with Crippen molar-refractivity contribution in [2.75, 3.05) is 40.9 Å². The van der Waals surface area contributed by atoms with Crippen molar-refractivity contribution in [3.05, 3.63) is 68.5 Å². The SMILES string of the molecule is CCCCOc1ccc(C2c3c(oc4ccc(Cl)cc4c3=O)C(=O)N2CCCN(C)C)cc1OC. The van der Waals surface area contributed by atoms with Gasteiger partial charge in [-0.3, -0.25) is 9.59 Å². The highest BCUT2D eigenvalue weighted by Gasteiger charge is 2.42. The first-order chi connectivity index (χ1) is 16.8. The molecule has 4 rings (SSSR count). The molecular weight excluding hydrogens is 468 g/mol. The van der Waals surface area contributed by atoms with Gasteiger partial charge in [0.2, 0.25) is 5.76 Å². The molecule has 35 heavy (non-hydrogen) atoms. The van der Waals surface area contributed by atoms with Crippen molar-refractivity contribution < 1.29 is 18.7 Å². The van der Waals surface area contributed by atoms with E-state index in [0.29, 0.717) is 46.2 Å². The molecule has 1 aliphatic rings. The van der Waals surface area contributed by atoms with Gasteiger partial charge in [-0.05, 0) is 69.4 Å². The molecule has 7 nitrogen and oxygen atoms in total. The van der Waals surface area contributed by atoms with Crippen molar-refractivity contribution in [2.45, 2.75) is 32.2 Å². The molecule has 0 aliphatic carbocycles. The van der Waals surface area contributed by atoms with Gasteiger partial charge in [-0.1, -0.05) is 31.0 Å². The van der Waals surface area contributed by atoms with Crippen LogP contribution in [0.15, 0.2) is 45.6 Å². The maximum atomic E-state index is 13.7. The van der Waals surface area contributed by atoms with Gasteiger partial charge >= 0.3 is 0 Å². The van der Waals surface area contributed by atoms with E-state index in [4.69, 9.17) is 25.5 Å². The van der Waals surface area contributed by atoms with Crippen LogP contribution in [0.5, 0.6) is 11.5 Å². The Morgan fingerprint density at radius 1 is 1.09 bits per heavy atom. The fourth-order valence-electron chi connectivity index (χ4n) is 4.43. The molecule has 0 fully saturated rings. The predicted octanol–water partition coefficient (Wildman–Crippen LogP) is 5.13. The smallest absolute Gasteiger partial charge is 0.290 e. The Morgan fingerprint density at radius 3 is 2.60 bits per heavy atom. The predicted molar refractivity (Wildman–Crippen MR) is 137 cm³/mol. The second-order valence-electron chi connectivity index (χ2n) is 8.98. The third kappa shape index (κ3) is 5.02. The minimum atomic E-state index is -0.599. The number of nitrogens with zero attached hydrogens (tertiary/aromatic N) is 2. The number of halogens is 1. The summed E-state index contributed by atoms with van der Waals surface area (Å²) in [5, 5.41) is 0.791. The van der Waals surface area contributed by atoms with Gasteiger partial charge in [0.25, 0.3) is 5.91 Å². The summed E-state index contributed by atoms with van der Waals surface area (Å²) >= 11 is 6.17. The third-order valence-corrected chi connectivity index (χ3v) is 6.43. The minimum Gasteiger partial charge on any atom is -0.493 e. The number of rotatable bonds is 10. The van der Waals surface area contributed by atoms with Crippen LogP contribution in [0.3, 0.4) is 0 Å². The highest BCUT2D eigenvalue weighted by Crippen LogP contribution is 2.41. The van der Waals surface area contributed by atoms with E-state index in [1.165, 1.54) is 0 Å². The van der Waals surface area contributed by atoms with Crippen LogP contribution >= 0.6 is 11.6 Å². The van der Waals surface area contributed by atoms with Crippen LogP contribution in [-0.2, 0) is 0 Å². The van der Waals surface area contributed by atoms with E-state index in [9.17, 15) is 9.59 Å². The molecule has 0 radical (unpaired) electrons. The normalized spacial score (nSPS) is 15.2. The average molecular weight is 499 g/mol. The molecule has 0 saturated carbocycles.